The highest BCUT2D eigenvalue weighted by atomic mass is 16.5. The third-order valence-electron chi connectivity index (χ3n) is 14.5. The molecule has 4 aliphatic rings. The largest absolute Gasteiger partial charge is 0.453 e. The summed E-state index contributed by atoms with van der Waals surface area (Å²) in [5.41, 5.74) is 20.0. The minimum absolute atomic E-state index is 0.375. The molecule has 0 N–H and O–H groups in total. The number of para-hydroxylation sites is 5. The lowest BCUT2D eigenvalue weighted by Gasteiger charge is -2.48. The fourth-order valence-corrected chi connectivity index (χ4v) is 11.8. The highest BCUT2D eigenvalue weighted by Crippen LogP contribution is 2.67. The topological polar surface area (TPSA) is 20.6 Å². The van der Waals surface area contributed by atoms with E-state index in [1.165, 1.54) is 77.9 Å². The second kappa shape index (κ2) is 14.1. The van der Waals surface area contributed by atoms with E-state index in [0.717, 1.165) is 46.2 Å². The molecule has 0 saturated heterocycles. The highest BCUT2D eigenvalue weighted by molar-refractivity contribution is 6.12. The molecule has 9 aromatic carbocycles. The smallest absolute Gasteiger partial charge is 0.152 e. The molecule has 0 radical (unpaired) electrons. The lowest BCUT2D eigenvalue weighted by Crippen LogP contribution is -2.40. The second-order valence-corrected chi connectivity index (χ2v) is 18.1. The van der Waals surface area contributed by atoms with Gasteiger partial charge in [-0.15, -0.1) is 0 Å². The van der Waals surface area contributed by atoms with Crippen LogP contribution in [0.1, 0.15) is 30.0 Å². The van der Waals surface area contributed by atoms with Gasteiger partial charge in [0.25, 0.3) is 0 Å². The van der Waals surface area contributed by atoms with Gasteiger partial charge in [-0.3, -0.25) is 0 Å². The summed E-state index contributed by atoms with van der Waals surface area (Å²) in [7, 11) is 0. The molecule has 0 amide bonds. The van der Waals surface area contributed by atoms with Crippen molar-refractivity contribution in [3.05, 3.63) is 252 Å². The van der Waals surface area contributed by atoms with Crippen LogP contribution in [-0.2, 0) is 5.41 Å². The van der Waals surface area contributed by atoms with Crippen molar-refractivity contribution < 1.29 is 4.74 Å². The van der Waals surface area contributed by atoms with Gasteiger partial charge in [-0.1, -0.05) is 153 Å². The number of hydrogen-bond donors (Lipinski definition) is 0. The average molecular weight is 846 g/mol. The number of fused-ring (bicyclic) bond motifs is 14. The predicted octanol–water partition coefficient (Wildman–Crippen LogP) is 16.3. The molecule has 1 spiro atoms. The molecule has 4 nitrogen and oxygen atoms in total. The standard InChI is InChI=1S/C62H43N3O/c1-40-28-35-56-52(38-40)62(50-23-11-13-25-55(50)64(56)43-18-6-3-7-19-43)49-22-10-8-21-47(49)60-51(62)34-37-59-61(60)65(57-26-14-15-27-58(57)66-59)45-33-36-54-48(39-45)46-20-9-12-24-53(46)63(54)44-31-29-42(30-32-44)41-16-4-2-5-17-41/h2-37,39-40H,38H2,1H3. The van der Waals surface area contributed by atoms with E-state index in [1.54, 1.807) is 0 Å². The molecule has 66 heavy (non-hydrogen) atoms. The first-order valence-electron chi connectivity index (χ1n) is 23.1. The SMILES string of the molecule is CC1C=CC2=C(C1)C1(c3ccccc3-c3c1ccc1c3N(c3ccc4c(c3)c3ccccc3n4-c3ccc(-c4ccccc4)cc3)c3ccccc3O1)c1ccccc1N2c1ccccc1. The molecule has 0 bridgehead atoms. The van der Waals surface area contributed by atoms with Crippen LogP contribution in [-0.4, -0.2) is 4.57 Å². The Bertz CT molecular complexity index is 3680. The molecule has 10 aromatic rings. The summed E-state index contributed by atoms with van der Waals surface area (Å²) in [6, 6.07) is 77.7. The third kappa shape index (κ3) is 5.10. The first-order valence-corrected chi connectivity index (χ1v) is 23.1. The summed E-state index contributed by atoms with van der Waals surface area (Å²) in [5.74, 6) is 2.06. The van der Waals surface area contributed by atoms with Gasteiger partial charge >= 0.3 is 0 Å². The molecule has 2 atom stereocenters. The average Bonchev–Trinajstić information content (AvgIpc) is 3.87. The highest BCUT2D eigenvalue weighted by Gasteiger charge is 2.54. The number of allylic oxidation sites excluding steroid dienone is 3. The second-order valence-electron chi connectivity index (χ2n) is 18.1. The number of rotatable bonds is 4. The quantitative estimate of drug-likeness (QED) is 0.176. The van der Waals surface area contributed by atoms with Gasteiger partial charge in [-0.2, -0.15) is 0 Å². The van der Waals surface area contributed by atoms with Crippen molar-refractivity contribution >= 4 is 50.2 Å². The monoisotopic (exact) mass is 845 g/mol. The normalized spacial score (nSPS) is 17.6. The minimum Gasteiger partial charge on any atom is -0.453 e. The van der Waals surface area contributed by atoms with Gasteiger partial charge in [-0.25, -0.2) is 0 Å². The van der Waals surface area contributed by atoms with Crippen LogP contribution < -0.4 is 14.5 Å². The van der Waals surface area contributed by atoms with Crippen LogP contribution in [0.5, 0.6) is 11.5 Å². The summed E-state index contributed by atoms with van der Waals surface area (Å²) in [5, 5.41) is 2.41. The molecular weight excluding hydrogens is 803 g/mol. The van der Waals surface area contributed by atoms with Gasteiger partial charge in [0.1, 0.15) is 0 Å². The van der Waals surface area contributed by atoms with Gasteiger partial charge in [0.2, 0.25) is 0 Å². The lowest BCUT2D eigenvalue weighted by atomic mass is 9.61. The van der Waals surface area contributed by atoms with E-state index in [-0.39, 0.29) is 0 Å². The predicted molar refractivity (Wildman–Crippen MR) is 271 cm³/mol. The van der Waals surface area contributed by atoms with Crippen LogP contribution in [0, 0.1) is 5.92 Å². The Morgan fingerprint density at radius 3 is 2.00 bits per heavy atom. The lowest BCUT2D eigenvalue weighted by molar-refractivity contribution is 0.477. The molecule has 0 saturated carbocycles. The summed E-state index contributed by atoms with van der Waals surface area (Å²) in [6.45, 7) is 2.36. The molecule has 1 aromatic heterocycles. The van der Waals surface area contributed by atoms with Gasteiger partial charge in [0.05, 0.1) is 33.5 Å². The number of anilines is 5. The van der Waals surface area contributed by atoms with Gasteiger partial charge in [0.15, 0.2) is 11.5 Å². The Labute approximate surface area is 384 Å². The molecule has 312 valence electrons. The third-order valence-corrected chi connectivity index (χ3v) is 14.5. The van der Waals surface area contributed by atoms with E-state index in [4.69, 9.17) is 4.74 Å². The van der Waals surface area contributed by atoms with Crippen molar-refractivity contribution in [1.29, 1.82) is 0 Å². The zero-order chi connectivity index (χ0) is 43.5. The van der Waals surface area contributed by atoms with E-state index in [2.05, 4.69) is 246 Å². The Hall–Kier alpha value is -8.34. The van der Waals surface area contributed by atoms with Crippen molar-refractivity contribution in [2.24, 2.45) is 5.92 Å². The van der Waals surface area contributed by atoms with Crippen molar-refractivity contribution in [1.82, 2.24) is 4.57 Å². The molecule has 2 aliphatic heterocycles. The van der Waals surface area contributed by atoms with E-state index >= 15 is 0 Å². The fraction of sp³-hybridized carbons (Fsp3) is 0.0645. The molecule has 14 rings (SSSR count). The molecule has 3 heterocycles. The fourth-order valence-electron chi connectivity index (χ4n) is 11.8. The number of benzene rings is 9. The van der Waals surface area contributed by atoms with Crippen molar-refractivity contribution in [3.63, 3.8) is 0 Å². The number of nitrogens with zero attached hydrogens (tertiary/aromatic N) is 3. The zero-order valence-corrected chi connectivity index (χ0v) is 36.4. The van der Waals surface area contributed by atoms with Gasteiger partial charge < -0.3 is 19.1 Å². The maximum Gasteiger partial charge on any atom is 0.152 e. The van der Waals surface area contributed by atoms with Crippen LogP contribution in [0.4, 0.5) is 28.4 Å². The van der Waals surface area contributed by atoms with Crippen molar-refractivity contribution in [2.75, 3.05) is 9.80 Å². The van der Waals surface area contributed by atoms with E-state index < -0.39 is 5.41 Å². The molecule has 2 unspecified atom stereocenters. The van der Waals surface area contributed by atoms with E-state index in [9.17, 15) is 0 Å². The Kier molecular flexibility index (Phi) is 7.91. The maximum atomic E-state index is 7.00. The molecular formula is C62H43N3O. The van der Waals surface area contributed by atoms with Gasteiger partial charge in [0, 0.05) is 39.1 Å². The molecule has 4 heteroatoms. The maximum absolute atomic E-state index is 7.00. The summed E-state index contributed by atoms with van der Waals surface area (Å²) in [4.78, 5) is 4.97. The number of ether oxygens (including phenoxy) is 1. The summed E-state index contributed by atoms with van der Waals surface area (Å²) in [6.07, 6.45) is 5.72. The van der Waals surface area contributed by atoms with Crippen LogP contribution >= 0.6 is 0 Å². The first-order chi connectivity index (χ1) is 32.7. The van der Waals surface area contributed by atoms with Crippen molar-refractivity contribution in [2.45, 2.75) is 18.8 Å². The van der Waals surface area contributed by atoms with Crippen LogP contribution in [0.3, 0.4) is 0 Å². The molecule has 2 aliphatic carbocycles. The van der Waals surface area contributed by atoms with Gasteiger partial charge in [-0.05, 0) is 130 Å². The van der Waals surface area contributed by atoms with Crippen LogP contribution in [0.2, 0.25) is 0 Å². The Morgan fingerprint density at radius 1 is 0.485 bits per heavy atom. The van der Waals surface area contributed by atoms with Crippen LogP contribution in [0.15, 0.2) is 236 Å². The molecule has 0 fully saturated rings. The zero-order valence-electron chi connectivity index (χ0n) is 36.4. The van der Waals surface area contributed by atoms with Crippen molar-refractivity contribution in [3.8, 4) is 39.4 Å². The summed E-state index contributed by atoms with van der Waals surface area (Å²) < 4.78 is 9.41. The number of hydrogen-bond acceptors (Lipinski definition) is 3. The number of aromatic nitrogens is 1. The van der Waals surface area contributed by atoms with E-state index in [0.29, 0.717) is 5.92 Å². The minimum atomic E-state index is -0.534. The van der Waals surface area contributed by atoms with Crippen LogP contribution in [0.25, 0.3) is 49.7 Å². The Balaban J connectivity index is 1.02. The summed E-state index contributed by atoms with van der Waals surface area (Å²) >= 11 is 0. The first kappa shape index (κ1) is 37.1. The van der Waals surface area contributed by atoms with E-state index in [1.807, 2.05) is 0 Å². The Morgan fingerprint density at radius 2 is 1.15 bits per heavy atom.